The Balaban J connectivity index is 2.19. The predicted molar refractivity (Wildman–Crippen MR) is 97.2 cm³/mol. The minimum absolute atomic E-state index is 0.0439. The van der Waals surface area contributed by atoms with Crippen LogP contribution >= 0.6 is 0 Å². The minimum Gasteiger partial charge on any atom is -0.464 e. The van der Waals surface area contributed by atoms with Gasteiger partial charge in [-0.2, -0.15) is 5.26 Å². The first kappa shape index (κ1) is 21.4. The molecule has 10 heteroatoms. The second-order valence-electron chi connectivity index (χ2n) is 6.68. The first-order valence-corrected chi connectivity index (χ1v) is 9.25. The van der Waals surface area contributed by atoms with E-state index in [1.165, 1.54) is 11.5 Å². The molecule has 1 fully saturated rings. The van der Waals surface area contributed by atoms with Crippen LogP contribution in [0.1, 0.15) is 48.1 Å². The highest BCUT2D eigenvalue weighted by molar-refractivity contribution is 5.94. The molecule has 0 saturated heterocycles. The number of rotatable bonds is 7. The van der Waals surface area contributed by atoms with Crippen molar-refractivity contribution in [3.63, 3.8) is 0 Å². The zero-order chi connectivity index (χ0) is 22.0. The Morgan fingerprint density at radius 2 is 1.90 bits per heavy atom. The minimum atomic E-state index is -1.71. The smallest absolute Gasteiger partial charge is 0.343 e. The van der Waals surface area contributed by atoms with Crippen LogP contribution in [0.25, 0.3) is 10.9 Å². The fourth-order valence-corrected chi connectivity index (χ4v) is 3.10. The molecule has 2 aromatic rings. The Kier molecular flexibility index (Phi) is 6.10. The Morgan fingerprint density at radius 3 is 2.50 bits per heavy atom. The highest BCUT2D eigenvalue weighted by atomic mass is 19.2. The maximum absolute atomic E-state index is 15.2. The van der Waals surface area contributed by atoms with E-state index in [-0.39, 0.29) is 25.7 Å². The number of fused-ring (bicyclic) bond motifs is 1. The highest BCUT2D eigenvalue weighted by Crippen LogP contribution is 2.39. The van der Waals surface area contributed by atoms with Crippen molar-refractivity contribution in [2.24, 2.45) is 0 Å². The summed E-state index contributed by atoms with van der Waals surface area (Å²) in [5.74, 6) is -6.72. The number of hydrogen-bond donors (Lipinski definition) is 0. The van der Waals surface area contributed by atoms with E-state index in [0.29, 0.717) is 12.8 Å². The first-order chi connectivity index (χ1) is 14.3. The van der Waals surface area contributed by atoms with Crippen LogP contribution in [0.5, 0.6) is 0 Å². The topological polar surface area (TPSA) is 98.4 Å². The molecule has 0 spiro atoms. The van der Waals surface area contributed by atoms with Gasteiger partial charge in [0.15, 0.2) is 17.5 Å². The summed E-state index contributed by atoms with van der Waals surface area (Å²) in [6, 6.07) is 1.43. The monoisotopic (exact) mass is 422 g/mol. The molecule has 1 aliphatic carbocycles. The number of ether oxygens (including phenoxy) is 2. The van der Waals surface area contributed by atoms with E-state index >= 15 is 4.39 Å². The normalized spacial score (nSPS) is 13.2. The van der Waals surface area contributed by atoms with Gasteiger partial charge in [-0.3, -0.25) is 9.59 Å². The van der Waals surface area contributed by atoms with Crippen LogP contribution in [0.15, 0.2) is 11.0 Å². The first-order valence-electron chi connectivity index (χ1n) is 9.25. The van der Waals surface area contributed by atoms with Gasteiger partial charge in [-0.05, 0) is 19.8 Å². The van der Waals surface area contributed by atoms with Crippen LogP contribution in [-0.2, 0) is 20.7 Å². The Morgan fingerprint density at radius 1 is 1.20 bits per heavy atom. The number of pyridine rings is 1. The van der Waals surface area contributed by atoms with Crippen LogP contribution in [0.3, 0.4) is 0 Å². The molecule has 0 bridgehead atoms. The fourth-order valence-electron chi connectivity index (χ4n) is 3.10. The zero-order valence-electron chi connectivity index (χ0n) is 16.0. The van der Waals surface area contributed by atoms with E-state index in [9.17, 15) is 23.2 Å². The van der Waals surface area contributed by atoms with Crippen molar-refractivity contribution in [1.82, 2.24) is 4.57 Å². The Bertz CT molecular complexity index is 1130. The van der Waals surface area contributed by atoms with Gasteiger partial charge in [0, 0.05) is 17.8 Å². The van der Waals surface area contributed by atoms with Gasteiger partial charge in [-0.1, -0.05) is 0 Å². The number of esters is 2. The van der Waals surface area contributed by atoms with E-state index in [2.05, 4.69) is 0 Å². The van der Waals surface area contributed by atoms with Gasteiger partial charge in [0.1, 0.15) is 12.2 Å². The van der Waals surface area contributed by atoms with Crippen molar-refractivity contribution in [3.8, 4) is 6.07 Å². The quantitative estimate of drug-likeness (QED) is 0.387. The highest BCUT2D eigenvalue weighted by Gasteiger charge is 2.33. The molecule has 158 valence electrons. The van der Waals surface area contributed by atoms with Crippen LogP contribution in [0.2, 0.25) is 0 Å². The second-order valence-corrected chi connectivity index (χ2v) is 6.68. The molecule has 0 aliphatic heterocycles. The largest absolute Gasteiger partial charge is 0.464 e. The molecule has 1 aliphatic rings. The summed E-state index contributed by atoms with van der Waals surface area (Å²) < 4.78 is 55.4. The third-order valence-corrected chi connectivity index (χ3v) is 4.62. The van der Waals surface area contributed by atoms with Crippen LogP contribution in [0, 0.1) is 28.8 Å². The molecule has 0 amide bonds. The number of aromatic nitrogens is 1. The molecule has 30 heavy (non-hydrogen) atoms. The van der Waals surface area contributed by atoms with E-state index < -0.39 is 63.3 Å². The van der Waals surface area contributed by atoms with Gasteiger partial charge in [0.2, 0.25) is 5.43 Å². The van der Waals surface area contributed by atoms with Crippen molar-refractivity contribution in [3.05, 3.63) is 45.0 Å². The van der Waals surface area contributed by atoms with Crippen molar-refractivity contribution < 1.29 is 32.2 Å². The summed E-state index contributed by atoms with van der Waals surface area (Å²) in [5.41, 5.74) is -3.13. The summed E-state index contributed by atoms with van der Waals surface area (Å²) in [5, 5.41) is 7.53. The average molecular weight is 422 g/mol. The lowest BCUT2D eigenvalue weighted by molar-refractivity contribution is -0.142. The number of benzene rings is 1. The summed E-state index contributed by atoms with van der Waals surface area (Å²) in [6.07, 6.45) is 1.22. The lowest BCUT2D eigenvalue weighted by atomic mass is 10.0. The number of carbonyl (C=O) groups is 2. The van der Waals surface area contributed by atoms with Crippen molar-refractivity contribution >= 4 is 22.8 Å². The van der Waals surface area contributed by atoms with Crippen LogP contribution in [-0.4, -0.2) is 29.7 Å². The second kappa shape index (κ2) is 8.57. The number of nitrogens with zero attached hydrogens (tertiary/aromatic N) is 2. The standard InChI is InChI=1S/C20H17F3N2O5/c1-2-29-20(28)12-9-25(10-4-5-10)18-14(19(12)27)17(23)15(21)11(16(18)22)8-13(26)30-7-3-6-24/h9-10H,2-5,7-8H2,1H3. The van der Waals surface area contributed by atoms with E-state index in [1.54, 1.807) is 6.07 Å². The van der Waals surface area contributed by atoms with E-state index in [0.717, 1.165) is 6.20 Å². The lowest BCUT2D eigenvalue weighted by Gasteiger charge is -2.16. The summed E-state index contributed by atoms with van der Waals surface area (Å²) in [4.78, 5) is 36.6. The number of hydrogen-bond acceptors (Lipinski definition) is 6. The average Bonchev–Trinajstić information content (AvgIpc) is 3.54. The molecule has 0 unspecified atom stereocenters. The summed E-state index contributed by atoms with van der Waals surface area (Å²) in [6.45, 7) is 1.20. The van der Waals surface area contributed by atoms with Crippen LogP contribution < -0.4 is 5.43 Å². The summed E-state index contributed by atoms with van der Waals surface area (Å²) >= 11 is 0. The molecular weight excluding hydrogens is 405 g/mol. The molecule has 1 saturated carbocycles. The maximum atomic E-state index is 15.2. The lowest BCUT2D eigenvalue weighted by Crippen LogP contribution is -2.24. The van der Waals surface area contributed by atoms with Gasteiger partial charge in [0.05, 0.1) is 36.4 Å². The number of carbonyl (C=O) groups excluding carboxylic acids is 2. The van der Waals surface area contributed by atoms with Gasteiger partial charge in [0.25, 0.3) is 0 Å². The molecule has 1 aromatic carbocycles. The molecule has 1 aromatic heterocycles. The summed E-state index contributed by atoms with van der Waals surface area (Å²) in [7, 11) is 0. The van der Waals surface area contributed by atoms with E-state index in [4.69, 9.17) is 14.7 Å². The maximum Gasteiger partial charge on any atom is 0.343 e. The van der Waals surface area contributed by atoms with Gasteiger partial charge in [-0.25, -0.2) is 18.0 Å². The van der Waals surface area contributed by atoms with Crippen molar-refractivity contribution in [2.45, 2.75) is 38.6 Å². The molecule has 0 atom stereocenters. The van der Waals surface area contributed by atoms with Gasteiger partial charge >= 0.3 is 11.9 Å². The fraction of sp³-hybridized carbons (Fsp3) is 0.400. The van der Waals surface area contributed by atoms with Gasteiger partial charge in [-0.15, -0.1) is 0 Å². The SMILES string of the molecule is CCOC(=O)c1cn(C2CC2)c2c(F)c(CC(=O)OCCC#N)c(F)c(F)c2c1=O. The van der Waals surface area contributed by atoms with E-state index in [1.807, 2.05) is 0 Å². The number of halogens is 3. The zero-order valence-corrected chi connectivity index (χ0v) is 16.0. The molecule has 0 radical (unpaired) electrons. The molecule has 3 rings (SSSR count). The third kappa shape index (κ3) is 3.87. The van der Waals surface area contributed by atoms with Gasteiger partial charge < -0.3 is 14.0 Å². The van der Waals surface area contributed by atoms with Crippen molar-refractivity contribution in [2.75, 3.05) is 13.2 Å². The molecule has 0 N–H and O–H groups in total. The Hall–Kier alpha value is -3.35. The molecular formula is C20H17F3N2O5. The molecule has 1 heterocycles. The Labute approximate surface area is 168 Å². The molecule has 7 nitrogen and oxygen atoms in total. The predicted octanol–water partition coefficient (Wildman–Crippen LogP) is 2.93. The van der Waals surface area contributed by atoms with Crippen LogP contribution in [0.4, 0.5) is 13.2 Å². The van der Waals surface area contributed by atoms with Crippen molar-refractivity contribution in [1.29, 1.82) is 5.26 Å². The number of nitriles is 1. The third-order valence-electron chi connectivity index (χ3n) is 4.62.